The Hall–Kier alpha value is -2.44. The smallest absolute Gasteiger partial charge is 0.257 e. The number of nitrogens with one attached hydrogen (secondary N) is 2. The molecule has 1 atom stereocenters. The molecular formula is C20H21ClFN3O2. The van der Waals surface area contributed by atoms with Crippen LogP contribution < -0.4 is 10.6 Å². The molecule has 1 fully saturated rings. The summed E-state index contributed by atoms with van der Waals surface area (Å²) in [4.78, 5) is 17.0. The molecule has 2 aromatic carbocycles. The minimum absolute atomic E-state index is 0.0463. The predicted octanol–water partition coefficient (Wildman–Crippen LogP) is 4.16. The predicted molar refractivity (Wildman–Crippen MR) is 105 cm³/mol. The third-order valence-corrected chi connectivity index (χ3v) is 4.50. The molecule has 0 spiro atoms. The molecule has 0 radical (unpaired) electrons. The molecule has 1 aliphatic rings. The van der Waals surface area contributed by atoms with Crippen LogP contribution in [0.2, 0.25) is 5.02 Å². The maximum Gasteiger partial charge on any atom is 0.257 e. The minimum Gasteiger partial charge on any atom is -0.376 e. The number of carbonyl (C=O) groups is 1. The van der Waals surface area contributed by atoms with Crippen LogP contribution in [-0.2, 0) is 4.74 Å². The van der Waals surface area contributed by atoms with E-state index < -0.39 is 5.82 Å². The molecule has 142 valence electrons. The highest BCUT2D eigenvalue weighted by Crippen LogP contribution is 2.20. The van der Waals surface area contributed by atoms with Crippen molar-refractivity contribution < 1.29 is 13.9 Å². The van der Waals surface area contributed by atoms with Crippen molar-refractivity contribution in [3.63, 3.8) is 0 Å². The van der Waals surface area contributed by atoms with Crippen molar-refractivity contribution in [2.45, 2.75) is 25.9 Å². The van der Waals surface area contributed by atoms with Crippen molar-refractivity contribution in [3.05, 3.63) is 64.4 Å². The largest absolute Gasteiger partial charge is 0.376 e. The third kappa shape index (κ3) is 5.52. The van der Waals surface area contributed by atoms with Crippen molar-refractivity contribution in [1.29, 1.82) is 0 Å². The Kier molecular flexibility index (Phi) is 6.42. The first kappa shape index (κ1) is 19.3. The van der Waals surface area contributed by atoms with Gasteiger partial charge in [-0.2, -0.15) is 0 Å². The summed E-state index contributed by atoms with van der Waals surface area (Å²) in [6, 6.07) is 10.8. The molecule has 27 heavy (non-hydrogen) atoms. The topological polar surface area (TPSA) is 62.7 Å². The number of benzene rings is 2. The molecule has 0 saturated carbocycles. The van der Waals surface area contributed by atoms with E-state index in [1.165, 1.54) is 24.3 Å². The number of aliphatic imine (C=N–C) groups is 1. The van der Waals surface area contributed by atoms with Gasteiger partial charge >= 0.3 is 0 Å². The summed E-state index contributed by atoms with van der Waals surface area (Å²) in [5, 5.41) is 6.45. The summed E-state index contributed by atoms with van der Waals surface area (Å²) in [7, 11) is 0. The summed E-state index contributed by atoms with van der Waals surface area (Å²) < 4.78 is 18.7. The lowest BCUT2D eigenvalue weighted by atomic mass is 10.2. The molecule has 7 heteroatoms. The van der Waals surface area contributed by atoms with Crippen LogP contribution in [0.5, 0.6) is 0 Å². The molecule has 0 bridgehead atoms. The van der Waals surface area contributed by atoms with Crippen molar-refractivity contribution in [2.24, 2.45) is 4.99 Å². The molecule has 5 nitrogen and oxygen atoms in total. The first-order valence-electron chi connectivity index (χ1n) is 8.77. The molecule has 2 aromatic rings. The zero-order valence-corrected chi connectivity index (χ0v) is 15.7. The lowest BCUT2D eigenvalue weighted by Crippen LogP contribution is -2.37. The van der Waals surface area contributed by atoms with E-state index in [1.54, 1.807) is 12.1 Å². The van der Waals surface area contributed by atoms with Gasteiger partial charge in [-0.15, -0.1) is 0 Å². The minimum atomic E-state index is -0.397. The number of carbonyl (C=O) groups excluding carboxylic acids is 1. The van der Waals surface area contributed by atoms with Crippen molar-refractivity contribution in [3.8, 4) is 0 Å². The van der Waals surface area contributed by atoms with E-state index >= 15 is 0 Å². The number of hydrogen-bond donors (Lipinski definition) is 2. The maximum absolute atomic E-state index is 13.1. The third-order valence-electron chi connectivity index (χ3n) is 4.27. The summed E-state index contributed by atoms with van der Waals surface area (Å²) >= 11 is 6.07. The Morgan fingerprint density at radius 1 is 1.30 bits per heavy atom. The number of nitrogens with zero attached hydrogens (tertiary/aromatic N) is 1. The van der Waals surface area contributed by atoms with E-state index in [-0.39, 0.29) is 12.0 Å². The number of ether oxygens (including phenoxy) is 1. The van der Waals surface area contributed by atoms with Crippen molar-refractivity contribution in [1.82, 2.24) is 5.32 Å². The van der Waals surface area contributed by atoms with E-state index in [2.05, 4.69) is 15.6 Å². The number of guanidine groups is 1. The Bertz CT molecular complexity index is 834. The molecule has 2 N–H and O–H groups in total. The van der Waals surface area contributed by atoms with Gasteiger partial charge in [0.25, 0.3) is 5.91 Å². The summed E-state index contributed by atoms with van der Waals surface area (Å²) in [6.45, 7) is 3.10. The van der Waals surface area contributed by atoms with Gasteiger partial charge in [0, 0.05) is 22.9 Å². The van der Waals surface area contributed by atoms with Crippen LogP contribution in [-0.4, -0.2) is 31.1 Å². The lowest BCUT2D eigenvalue weighted by molar-refractivity contribution is 0.0975. The first-order valence-corrected chi connectivity index (χ1v) is 9.15. The zero-order valence-electron chi connectivity index (χ0n) is 15.0. The van der Waals surface area contributed by atoms with Crippen molar-refractivity contribution in [2.75, 3.05) is 18.5 Å². The van der Waals surface area contributed by atoms with Gasteiger partial charge in [-0.25, -0.2) is 9.38 Å². The maximum atomic E-state index is 13.1. The Balaban J connectivity index is 1.77. The van der Waals surface area contributed by atoms with Gasteiger partial charge in [0.2, 0.25) is 5.96 Å². The number of amides is 1. The second-order valence-electron chi connectivity index (χ2n) is 6.37. The first-order chi connectivity index (χ1) is 13.0. The normalized spacial score (nSPS) is 17.0. The van der Waals surface area contributed by atoms with E-state index in [0.717, 1.165) is 30.7 Å². The number of anilines is 1. The van der Waals surface area contributed by atoms with Crippen LogP contribution in [0.25, 0.3) is 0 Å². The van der Waals surface area contributed by atoms with Crippen LogP contribution in [0.4, 0.5) is 10.1 Å². The molecule has 1 amide bonds. The standard InChI is InChI=1S/C20H21ClFN3O2/c1-13-4-7-15(21)11-18(13)24-20(23-12-17-3-2-10-27-17)25-19(26)14-5-8-16(22)9-6-14/h4-9,11,17H,2-3,10,12H2,1H3,(H2,23,24,25,26)/t17-/m0/s1. The second-order valence-corrected chi connectivity index (χ2v) is 6.81. The molecule has 1 saturated heterocycles. The molecule has 3 rings (SSSR count). The number of hydrogen-bond acceptors (Lipinski definition) is 3. The second kappa shape index (κ2) is 8.97. The van der Waals surface area contributed by atoms with Crippen LogP contribution in [0.15, 0.2) is 47.5 Å². The molecular weight excluding hydrogens is 369 g/mol. The van der Waals surface area contributed by atoms with Gasteiger partial charge in [0.15, 0.2) is 0 Å². The monoisotopic (exact) mass is 389 g/mol. The highest BCUT2D eigenvalue weighted by Gasteiger charge is 2.16. The quantitative estimate of drug-likeness (QED) is 0.609. The molecule has 0 unspecified atom stereocenters. The van der Waals surface area contributed by atoms with E-state index in [0.29, 0.717) is 23.1 Å². The van der Waals surface area contributed by atoms with E-state index in [9.17, 15) is 9.18 Å². The Labute approximate surface area is 162 Å². The summed E-state index contributed by atoms with van der Waals surface area (Å²) in [5.74, 6) is -0.482. The van der Waals surface area contributed by atoms with Crippen molar-refractivity contribution >= 4 is 29.2 Å². The van der Waals surface area contributed by atoms with E-state index in [4.69, 9.17) is 16.3 Å². The van der Waals surface area contributed by atoms with Crippen LogP contribution in [0.1, 0.15) is 28.8 Å². The lowest BCUT2D eigenvalue weighted by Gasteiger charge is -2.15. The average Bonchev–Trinajstić information content (AvgIpc) is 3.17. The van der Waals surface area contributed by atoms with Gasteiger partial charge in [0.1, 0.15) is 5.82 Å². The van der Waals surface area contributed by atoms with Crippen LogP contribution in [0.3, 0.4) is 0 Å². The van der Waals surface area contributed by atoms with Gasteiger partial charge in [0.05, 0.1) is 12.6 Å². The average molecular weight is 390 g/mol. The molecule has 1 heterocycles. The fourth-order valence-corrected chi connectivity index (χ4v) is 2.90. The fourth-order valence-electron chi connectivity index (χ4n) is 2.73. The molecule has 0 aromatic heterocycles. The molecule has 1 aliphatic heterocycles. The number of rotatable bonds is 4. The number of halogens is 2. The zero-order chi connectivity index (χ0) is 19.2. The summed E-state index contributed by atoms with van der Waals surface area (Å²) in [5.41, 5.74) is 2.04. The van der Waals surface area contributed by atoms with Crippen LogP contribution in [0, 0.1) is 12.7 Å². The highest BCUT2D eigenvalue weighted by molar-refractivity contribution is 6.31. The van der Waals surface area contributed by atoms with Gasteiger partial charge in [-0.3, -0.25) is 10.1 Å². The fraction of sp³-hybridized carbons (Fsp3) is 0.300. The molecule has 0 aliphatic carbocycles. The van der Waals surface area contributed by atoms with Crippen LogP contribution >= 0.6 is 11.6 Å². The highest BCUT2D eigenvalue weighted by atomic mass is 35.5. The Morgan fingerprint density at radius 2 is 2.07 bits per heavy atom. The van der Waals surface area contributed by atoms with Gasteiger partial charge in [-0.05, 0) is 61.7 Å². The van der Waals surface area contributed by atoms with E-state index in [1.807, 2.05) is 13.0 Å². The van der Waals surface area contributed by atoms with Gasteiger partial charge in [-0.1, -0.05) is 17.7 Å². The SMILES string of the molecule is Cc1ccc(Cl)cc1NC(=NC[C@@H]1CCCO1)NC(=O)c1ccc(F)cc1. The van der Waals surface area contributed by atoms with Gasteiger partial charge < -0.3 is 10.1 Å². The summed E-state index contributed by atoms with van der Waals surface area (Å²) in [6.07, 6.45) is 2.00. The number of aryl methyl sites for hydroxylation is 1. The Morgan fingerprint density at radius 3 is 2.78 bits per heavy atom.